The Labute approximate surface area is 128 Å². The standard InChI is InChI=1S/C18H16N2O2/c1-20-15-10-6-5-9-13(15)18(17(20)22)14(11-16(21)19-18)12-7-3-2-4-8-12/h2-10,14H,11H2,1H3,(H,19,21)/t14-,18-/m1/s1. The Morgan fingerprint density at radius 2 is 1.73 bits per heavy atom. The van der Waals surface area contributed by atoms with Crippen LogP contribution >= 0.6 is 0 Å². The monoisotopic (exact) mass is 292 g/mol. The fourth-order valence-electron chi connectivity index (χ4n) is 3.80. The maximum atomic E-state index is 13.0. The van der Waals surface area contributed by atoms with Crippen molar-refractivity contribution in [3.05, 3.63) is 65.7 Å². The van der Waals surface area contributed by atoms with Crippen molar-refractivity contribution < 1.29 is 9.59 Å². The molecular formula is C18H16N2O2. The molecule has 4 nitrogen and oxygen atoms in total. The van der Waals surface area contributed by atoms with E-state index in [0.717, 1.165) is 16.8 Å². The minimum atomic E-state index is -0.968. The zero-order chi connectivity index (χ0) is 15.3. The molecule has 1 fully saturated rings. The molecule has 0 radical (unpaired) electrons. The Balaban J connectivity index is 1.95. The molecule has 1 spiro atoms. The molecular weight excluding hydrogens is 276 g/mol. The maximum absolute atomic E-state index is 13.0. The van der Waals surface area contributed by atoms with E-state index in [1.807, 2.05) is 54.6 Å². The second-order valence-electron chi connectivity index (χ2n) is 5.90. The van der Waals surface area contributed by atoms with Crippen LogP contribution in [0.1, 0.15) is 23.5 Å². The van der Waals surface area contributed by atoms with Crippen LogP contribution in [0.25, 0.3) is 0 Å². The Hall–Kier alpha value is -2.62. The first-order valence-electron chi connectivity index (χ1n) is 7.38. The maximum Gasteiger partial charge on any atom is 0.257 e. The van der Waals surface area contributed by atoms with Gasteiger partial charge in [0.1, 0.15) is 0 Å². The van der Waals surface area contributed by atoms with Crippen molar-refractivity contribution in [2.45, 2.75) is 17.9 Å². The number of amides is 2. The van der Waals surface area contributed by atoms with E-state index in [1.54, 1.807) is 11.9 Å². The summed E-state index contributed by atoms with van der Waals surface area (Å²) in [7, 11) is 1.77. The normalized spacial score (nSPS) is 26.4. The number of fused-ring (bicyclic) bond motifs is 2. The molecule has 2 heterocycles. The van der Waals surface area contributed by atoms with Crippen molar-refractivity contribution in [2.75, 3.05) is 11.9 Å². The van der Waals surface area contributed by atoms with E-state index < -0.39 is 5.54 Å². The number of para-hydroxylation sites is 1. The minimum Gasteiger partial charge on any atom is -0.337 e. The average Bonchev–Trinajstić information content (AvgIpc) is 3.01. The summed E-state index contributed by atoms with van der Waals surface area (Å²) in [5.41, 5.74) is 1.81. The first-order chi connectivity index (χ1) is 10.6. The first-order valence-corrected chi connectivity index (χ1v) is 7.38. The molecule has 0 saturated carbocycles. The third kappa shape index (κ3) is 1.52. The van der Waals surface area contributed by atoms with E-state index >= 15 is 0 Å². The highest BCUT2D eigenvalue weighted by atomic mass is 16.2. The Bertz CT molecular complexity index is 772. The zero-order valence-corrected chi connectivity index (χ0v) is 12.2. The number of rotatable bonds is 1. The number of carbonyl (C=O) groups excluding carboxylic acids is 2. The molecule has 0 unspecified atom stereocenters. The van der Waals surface area contributed by atoms with Crippen molar-refractivity contribution in [3.8, 4) is 0 Å². The lowest BCUT2D eigenvalue weighted by atomic mass is 9.76. The molecule has 2 amide bonds. The molecule has 2 aromatic rings. The van der Waals surface area contributed by atoms with E-state index in [9.17, 15) is 9.59 Å². The quantitative estimate of drug-likeness (QED) is 0.875. The van der Waals surface area contributed by atoms with E-state index in [-0.39, 0.29) is 17.7 Å². The van der Waals surface area contributed by atoms with Gasteiger partial charge in [0.15, 0.2) is 5.54 Å². The van der Waals surface area contributed by atoms with Gasteiger partial charge in [-0.15, -0.1) is 0 Å². The Kier molecular flexibility index (Phi) is 2.64. The molecule has 2 aliphatic heterocycles. The number of likely N-dealkylation sites (N-methyl/N-ethyl adjacent to an activating group) is 1. The third-order valence-corrected chi connectivity index (χ3v) is 4.78. The van der Waals surface area contributed by atoms with Crippen molar-refractivity contribution in [3.63, 3.8) is 0 Å². The molecule has 2 aromatic carbocycles. The van der Waals surface area contributed by atoms with Crippen LogP contribution in [0.3, 0.4) is 0 Å². The van der Waals surface area contributed by atoms with Crippen LogP contribution in [0.2, 0.25) is 0 Å². The number of benzene rings is 2. The number of hydrogen-bond acceptors (Lipinski definition) is 2. The highest BCUT2D eigenvalue weighted by Gasteiger charge is 2.59. The Morgan fingerprint density at radius 1 is 1.05 bits per heavy atom. The fourth-order valence-corrected chi connectivity index (χ4v) is 3.80. The lowest BCUT2D eigenvalue weighted by Crippen LogP contribution is -2.50. The molecule has 22 heavy (non-hydrogen) atoms. The van der Waals surface area contributed by atoms with Crippen molar-refractivity contribution in [1.29, 1.82) is 0 Å². The van der Waals surface area contributed by atoms with Gasteiger partial charge in [0.25, 0.3) is 5.91 Å². The summed E-state index contributed by atoms with van der Waals surface area (Å²) in [6, 6.07) is 17.5. The lowest BCUT2D eigenvalue weighted by molar-refractivity contribution is -0.127. The molecule has 2 aliphatic rings. The smallest absolute Gasteiger partial charge is 0.257 e. The van der Waals surface area contributed by atoms with Gasteiger partial charge in [0.05, 0.1) is 0 Å². The summed E-state index contributed by atoms with van der Waals surface area (Å²) >= 11 is 0. The molecule has 0 aromatic heterocycles. The van der Waals surface area contributed by atoms with Gasteiger partial charge in [-0.3, -0.25) is 9.59 Å². The van der Waals surface area contributed by atoms with Gasteiger partial charge in [0, 0.05) is 30.6 Å². The number of nitrogens with one attached hydrogen (secondary N) is 1. The zero-order valence-electron chi connectivity index (χ0n) is 12.2. The van der Waals surface area contributed by atoms with Crippen LogP contribution in [0.4, 0.5) is 5.69 Å². The fraction of sp³-hybridized carbons (Fsp3) is 0.222. The van der Waals surface area contributed by atoms with Gasteiger partial charge < -0.3 is 10.2 Å². The predicted molar refractivity (Wildman–Crippen MR) is 83.5 cm³/mol. The summed E-state index contributed by atoms with van der Waals surface area (Å²) in [5, 5.41) is 2.98. The molecule has 1 saturated heterocycles. The summed E-state index contributed by atoms with van der Waals surface area (Å²) in [4.78, 5) is 26.8. The van der Waals surface area contributed by atoms with Crippen molar-refractivity contribution in [1.82, 2.24) is 5.32 Å². The van der Waals surface area contributed by atoms with Crippen LogP contribution in [0.15, 0.2) is 54.6 Å². The van der Waals surface area contributed by atoms with Gasteiger partial charge >= 0.3 is 0 Å². The van der Waals surface area contributed by atoms with E-state index in [1.165, 1.54) is 0 Å². The van der Waals surface area contributed by atoms with Gasteiger partial charge in [-0.05, 0) is 11.6 Å². The first kappa shape index (κ1) is 13.1. The molecule has 4 rings (SSSR count). The number of carbonyl (C=O) groups is 2. The van der Waals surface area contributed by atoms with Gasteiger partial charge in [-0.25, -0.2) is 0 Å². The van der Waals surface area contributed by atoms with Gasteiger partial charge in [0.2, 0.25) is 5.91 Å². The molecule has 0 aliphatic carbocycles. The number of nitrogens with zero attached hydrogens (tertiary/aromatic N) is 1. The SMILES string of the molecule is CN1C(=O)[C@@]2(NC(=O)C[C@@H]2c2ccccc2)c2ccccc21. The average molecular weight is 292 g/mol. The molecule has 1 N–H and O–H groups in total. The lowest BCUT2D eigenvalue weighted by Gasteiger charge is -2.30. The van der Waals surface area contributed by atoms with E-state index in [2.05, 4.69) is 5.32 Å². The Morgan fingerprint density at radius 3 is 2.50 bits per heavy atom. The van der Waals surface area contributed by atoms with E-state index in [0.29, 0.717) is 6.42 Å². The predicted octanol–water partition coefficient (Wildman–Crippen LogP) is 2.16. The van der Waals surface area contributed by atoms with Crippen LogP contribution in [-0.4, -0.2) is 18.9 Å². The summed E-state index contributed by atoms with van der Waals surface area (Å²) in [6.45, 7) is 0. The molecule has 110 valence electrons. The second-order valence-corrected chi connectivity index (χ2v) is 5.90. The van der Waals surface area contributed by atoms with E-state index in [4.69, 9.17) is 0 Å². The molecule has 2 atom stereocenters. The van der Waals surface area contributed by atoms with Gasteiger partial charge in [-0.2, -0.15) is 0 Å². The summed E-state index contributed by atoms with van der Waals surface area (Å²) in [6.07, 6.45) is 0.331. The topological polar surface area (TPSA) is 49.4 Å². The van der Waals surface area contributed by atoms with Crippen LogP contribution in [-0.2, 0) is 15.1 Å². The minimum absolute atomic E-state index is 0.0617. The largest absolute Gasteiger partial charge is 0.337 e. The highest BCUT2D eigenvalue weighted by Crippen LogP contribution is 2.51. The second kappa shape index (κ2) is 4.44. The van der Waals surface area contributed by atoms with Crippen molar-refractivity contribution >= 4 is 17.5 Å². The number of hydrogen-bond donors (Lipinski definition) is 1. The summed E-state index contributed by atoms with van der Waals surface area (Å²) < 4.78 is 0. The molecule has 0 bridgehead atoms. The van der Waals surface area contributed by atoms with Crippen molar-refractivity contribution in [2.24, 2.45) is 0 Å². The summed E-state index contributed by atoms with van der Waals surface area (Å²) in [5.74, 6) is -0.319. The van der Waals surface area contributed by atoms with Crippen LogP contribution in [0.5, 0.6) is 0 Å². The van der Waals surface area contributed by atoms with Crippen LogP contribution in [0, 0.1) is 0 Å². The van der Waals surface area contributed by atoms with Crippen LogP contribution < -0.4 is 10.2 Å². The highest BCUT2D eigenvalue weighted by molar-refractivity contribution is 6.11. The molecule has 4 heteroatoms. The van der Waals surface area contributed by atoms with Gasteiger partial charge in [-0.1, -0.05) is 48.5 Å². The number of anilines is 1. The third-order valence-electron chi connectivity index (χ3n) is 4.78.